The number of halogens is 1. The Balaban J connectivity index is 1.38. The maximum atomic E-state index is 12.9. The Morgan fingerprint density at radius 1 is 0.885 bits per heavy atom. The highest BCUT2D eigenvalue weighted by molar-refractivity contribution is 6.30. The molecule has 2 aliphatic rings. The molecule has 4 rings (SSSR count). The quantitative estimate of drug-likeness (QED) is 0.811. The molecule has 1 fully saturated rings. The van der Waals surface area contributed by atoms with Gasteiger partial charge in [0.05, 0.1) is 0 Å². The molecule has 1 aliphatic heterocycles. The number of hydrogen-bond donors (Lipinski definition) is 0. The van der Waals surface area contributed by atoms with Crippen molar-refractivity contribution in [3.63, 3.8) is 0 Å². The van der Waals surface area contributed by atoms with Crippen LogP contribution < -0.4 is 0 Å². The average molecular weight is 369 g/mol. The maximum absolute atomic E-state index is 12.9. The number of benzene rings is 2. The van der Waals surface area contributed by atoms with Crippen molar-refractivity contribution in [1.29, 1.82) is 0 Å². The van der Waals surface area contributed by atoms with Crippen LogP contribution in [0.25, 0.3) is 0 Å². The number of rotatable bonds is 3. The zero-order valence-corrected chi connectivity index (χ0v) is 15.8. The molecule has 0 radical (unpaired) electrons. The van der Waals surface area contributed by atoms with E-state index in [9.17, 15) is 4.79 Å². The van der Waals surface area contributed by atoms with Gasteiger partial charge in [-0.2, -0.15) is 0 Å². The molecule has 1 saturated heterocycles. The summed E-state index contributed by atoms with van der Waals surface area (Å²) in [4.78, 5) is 17.4. The molecule has 26 heavy (non-hydrogen) atoms. The first-order valence-electron chi connectivity index (χ1n) is 9.57. The molecule has 136 valence electrons. The molecule has 4 heteroatoms. The molecule has 0 spiro atoms. The molecular formula is C22H25ClN2O. The molecule has 0 bridgehead atoms. The molecular weight excluding hydrogens is 344 g/mol. The number of fused-ring (bicyclic) bond motifs is 1. The summed E-state index contributed by atoms with van der Waals surface area (Å²) in [6.07, 6.45) is 4.51. The van der Waals surface area contributed by atoms with Crippen LogP contribution in [-0.4, -0.2) is 41.9 Å². The van der Waals surface area contributed by atoms with Gasteiger partial charge in [-0.1, -0.05) is 29.8 Å². The van der Waals surface area contributed by atoms with E-state index >= 15 is 0 Å². The van der Waals surface area contributed by atoms with Gasteiger partial charge in [0.1, 0.15) is 0 Å². The lowest BCUT2D eigenvalue weighted by atomic mass is 10.1. The molecule has 0 atom stereocenters. The van der Waals surface area contributed by atoms with Gasteiger partial charge in [0.2, 0.25) is 0 Å². The van der Waals surface area contributed by atoms with Crippen molar-refractivity contribution in [2.75, 3.05) is 26.2 Å². The van der Waals surface area contributed by atoms with Crippen LogP contribution in [0.5, 0.6) is 0 Å². The van der Waals surface area contributed by atoms with Gasteiger partial charge < -0.3 is 4.90 Å². The third-order valence-electron chi connectivity index (χ3n) is 5.54. The van der Waals surface area contributed by atoms with Crippen LogP contribution in [0.3, 0.4) is 0 Å². The minimum Gasteiger partial charge on any atom is -0.337 e. The van der Waals surface area contributed by atoms with Gasteiger partial charge in [-0.25, -0.2) is 0 Å². The number of hydrogen-bond acceptors (Lipinski definition) is 2. The standard InChI is InChI=1S/C22H25ClN2O/c23-21-9-5-17(6-10-21)16-24-11-2-12-25(14-13-24)22(26)20-8-7-18-3-1-4-19(18)15-20/h5-10,15H,1-4,11-14,16H2. The predicted octanol–water partition coefficient (Wildman–Crippen LogP) is 4.18. The fourth-order valence-corrected chi connectivity index (χ4v) is 4.19. The molecule has 1 amide bonds. The van der Waals surface area contributed by atoms with E-state index in [4.69, 9.17) is 11.6 Å². The summed E-state index contributed by atoms with van der Waals surface area (Å²) in [5.74, 6) is 0.188. The summed E-state index contributed by atoms with van der Waals surface area (Å²) >= 11 is 5.97. The molecule has 0 saturated carbocycles. The van der Waals surface area contributed by atoms with Crippen molar-refractivity contribution >= 4 is 17.5 Å². The van der Waals surface area contributed by atoms with Crippen LogP contribution in [0, 0.1) is 0 Å². The first-order valence-corrected chi connectivity index (χ1v) is 9.95. The predicted molar refractivity (Wildman–Crippen MR) is 106 cm³/mol. The van der Waals surface area contributed by atoms with E-state index in [1.54, 1.807) is 0 Å². The van der Waals surface area contributed by atoms with Crippen molar-refractivity contribution in [3.8, 4) is 0 Å². The molecule has 0 N–H and O–H groups in total. The first kappa shape index (κ1) is 17.6. The topological polar surface area (TPSA) is 23.6 Å². The van der Waals surface area contributed by atoms with Gasteiger partial charge in [0.15, 0.2) is 0 Å². The van der Waals surface area contributed by atoms with E-state index in [0.717, 1.165) is 62.6 Å². The first-order chi connectivity index (χ1) is 12.7. The van der Waals surface area contributed by atoms with Gasteiger partial charge in [-0.3, -0.25) is 9.69 Å². The van der Waals surface area contributed by atoms with Crippen LogP contribution in [0.2, 0.25) is 5.02 Å². The lowest BCUT2D eigenvalue weighted by molar-refractivity contribution is 0.0761. The third kappa shape index (κ3) is 3.94. The van der Waals surface area contributed by atoms with E-state index in [2.05, 4.69) is 29.2 Å². The lowest BCUT2D eigenvalue weighted by Crippen LogP contribution is -2.35. The maximum Gasteiger partial charge on any atom is 0.253 e. The summed E-state index contributed by atoms with van der Waals surface area (Å²) in [6, 6.07) is 14.3. The highest BCUT2D eigenvalue weighted by Crippen LogP contribution is 2.23. The molecule has 1 aliphatic carbocycles. The van der Waals surface area contributed by atoms with Crippen molar-refractivity contribution in [1.82, 2.24) is 9.80 Å². The van der Waals surface area contributed by atoms with Gasteiger partial charge in [0, 0.05) is 43.3 Å². The Kier molecular flexibility index (Phi) is 5.28. The van der Waals surface area contributed by atoms with Gasteiger partial charge in [-0.15, -0.1) is 0 Å². The second kappa shape index (κ2) is 7.81. The number of aryl methyl sites for hydroxylation is 2. The van der Waals surface area contributed by atoms with Crippen molar-refractivity contribution in [3.05, 3.63) is 69.7 Å². The molecule has 0 aromatic heterocycles. The zero-order chi connectivity index (χ0) is 17.9. The monoisotopic (exact) mass is 368 g/mol. The average Bonchev–Trinajstić information content (AvgIpc) is 3.01. The number of carbonyl (C=O) groups is 1. The second-order valence-electron chi connectivity index (χ2n) is 7.39. The van der Waals surface area contributed by atoms with Gasteiger partial charge in [0.25, 0.3) is 5.91 Å². The second-order valence-corrected chi connectivity index (χ2v) is 7.82. The summed E-state index contributed by atoms with van der Waals surface area (Å²) in [5, 5.41) is 0.774. The number of amides is 1. The van der Waals surface area contributed by atoms with Crippen LogP contribution in [0.4, 0.5) is 0 Å². The van der Waals surface area contributed by atoms with E-state index in [0.29, 0.717) is 0 Å². The molecule has 1 heterocycles. The van der Waals surface area contributed by atoms with Crippen LogP contribution in [0.1, 0.15) is 39.9 Å². The SMILES string of the molecule is O=C(c1ccc2c(c1)CCC2)N1CCCN(Cc2ccc(Cl)cc2)CC1. The third-order valence-corrected chi connectivity index (χ3v) is 5.79. The van der Waals surface area contributed by atoms with Crippen LogP contribution in [-0.2, 0) is 19.4 Å². The largest absolute Gasteiger partial charge is 0.337 e. The fourth-order valence-electron chi connectivity index (χ4n) is 4.07. The summed E-state index contributed by atoms with van der Waals surface area (Å²) in [7, 11) is 0. The zero-order valence-electron chi connectivity index (χ0n) is 15.1. The van der Waals surface area contributed by atoms with E-state index < -0.39 is 0 Å². The minimum absolute atomic E-state index is 0.188. The van der Waals surface area contributed by atoms with E-state index in [1.165, 1.54) is 23.1 Å². The molecule has 3 nitrogen and oxygen atoms in total. The summed E-state index contributed by atoms with van der Waals surface area (Å²) < 4.78 is 0. The smallest absolute Gasteiger partial charge is 0.253 e. The number of carbonyl (C=O) groups excluding carboxylic acids is 1. The Morgan fingerprint density at radius 2 is 1.69 bits per heavy atom. The van der Waals surface area contributed by atoms with Crippen LogP contribution >= 0.6 is 11.6 Å². The Morgan fingerprint density at radius 3 is 2.54 bits per heavy atom. The van der Waals surface area contributed by atoms with Crippen molar-refractivity contribution in [2.45, 2.75) is 32.2 Å². The number of nitrogens with zero attached hydrogens (tertiary/aromatic N) is 2. The van der Waals surface area contributed by atoms with Gasteiger partial charge in [-0.05, 0) is 66.6 Å². The molecule has 0 unspecified atom stereocenters. The normalized spacial score (nSPS) is 17.8. The minimum atomic E-state index is 0.188. The Labute approximate surface area is 160 Å². The molecule has 2 aromatic rings. The highest BCUT2D eigenvalue weighted by Gasteiger charge is 2.22. The molecule has 2 aromatic carbocycles. The summed E-state index contributed by atoms with van der Waals surface area (Å²) in [6.45, 7) is 4.49. The van der Waals surface area contributed by atoms with Crippen molar-refractivity contribution < 1.29 is 4.79 Å². The summed E-state index contributed by atoms with van der Waals surface area (Å²) in [5.41, 5.74) is 4.92. The van der Waals surface area contributed by atoms with E-state index in [1.807, 2.05) is 23.1 Å². The highest BCUT2D eigenvalue weighted by atomic mass is 35.5. The Bertz CT molecular complexity index is 787. The lowest BCUT2D eigenvalue weighted by Gasteiger charge is -2.22. The van der Waals surface area contributed by atoms with E-state index in [-0.39, 0.29) is 5.91 Å². The fraction of sp³-hybridized carbons (Fsp3) is 0.409. The Hall–Kier alpha value is -1.84. The van der Waals surface area contributed by atoms with Crippen molar-refractivity contribution in [2.24, 2.45) is 0 Å². The van der Waals surface area contributed by atoms with Gasteiger partial charge >= 0.3 is 0 Å². The van der Waals surface area contributed by atoms with Crippen LogP contribution in [0.15, 0.2) is 42.5 Å².